The van der Waals surface area contributed by atoms with E-state index in [1.54, 1.807) is 20.8 Å². The number of methoxy groups -OCH3 is 2. The Bertz CT molecular complexity index is 1040. The van der Waals surface area contributed by atoms with Gasteiger partial charge in [0.2, 0.25) is 0 Å². The van der Waals surface area contributed by atoms with Gasteiger partial charge in [-0.3, -0.25) is 27.9 Å². The van der Waals surface area contributed by atoms with Gasteiger partial charge in [-0.25, -0.2) is 14.2 Å². The monoisotopic (exact) mass is 507 g/mol. The number of phosphoric acid groups is 1. The standard InChI is InChI=1S/C19H30N3O11P/c1-10(2)31-16(24)14(28-5)11(27-4)8-29-34(26)30-9-12-15(33-34)19(3,20)17(32-12)22-7-6-13(23)21-18(22)25/h6-7,10-12,14-15,17H,8-9,20H2,1-5H3,(H,21,23,25)/t11-,12-,14-,15-,17-,19-,34+/m1/s1. The van der Waals surface area contributed by atoms with Crippen molar-refractivity contribution in [1.82, 2.24) is 9.55 Å². The van der Waals surface area contributed by atoms with Gasteiger partial charge in [-0.05, 0) is 20.8 Å². The Morgan fingerprint density at radius 3 is 2.65 bits per heavy atom. The SMILES string of the molecule is CO[C@H](CO[P@@]1(=O)OC[C@H]2O[C@@H](n3ccc(=O)[nH]c3=O)[C@](C)(N)[C@@H]2O1)[C@@H](OC)C(=O)OC(C)C. The molecule has 0 spiro atoms. The molecular formula is C19H30N3O11P. The quantitative estimate of drug-likeness (QED) is 0.329. The molecule has 2 aliphatic heterocycles. The number of fused-ring (bicyclic) bond motifs is 1. The molecule has 1 aromatic heterocycles. The highest BCUT2D eigenvalue weighted by molar-refractivity contribution is 7.48. The molecule has 0 aromatic carbocycles. The highest BCUT2D eigenvalue weighted by Gasteiger charge is 2.59. The third-order valence-corrected chi connectivity index (χ3v) is 6.82. The van der Waals surface area contributed by atoms with Crippen molar-refractivity contribution in [3.05, 3.63) is 33.1 Å². The van der Waals surface area contributed by atoms with Crippen LogP contribution in [0.5, 0.6) is 0 Å². The normalized spacial score (nSPS) is 32.9. The maximum absolute atomic E-state index is 13.2. The van der Waals surface area contributed by atoms with Crippen LogP contribution in [0.15, 0.2) is 21.9 Å². The van der Waals surface area contributed by atoms with E-state index < -0.39 is 61.2 Å². The van der Waals surface area contributed by atoms with E-state index in [-0.39, 0.29) is 19.3 Å². The molecule has 0 radical (unpaired) electrons. The van der Waals surface area contributed by atoms with Crippen LogP contribution in [0.3, 0.4) is 0 Å². The van der Waals surface area contributed by atoms with Crippen molar-refractivity contribution in [3.8, 4) is 0 Å². The Hall–Kier alpha value is -1.90. The molecule has 0 saturated carbocycles. The predicted molar refractivity (Wildman–Crippen MR) is 115 cm³/mol. The fourth-order valence-corrected chi connectivity index (χ4v) is 5.25. The molecule has 192 valence electrons. The Morgan fingerprint density at radius 1 is 1.35 bits per heavy atom. The number of esters is 1. The average Bonchev–Trinajstić information content (AvgIpc) is 3.00. The summed E-state index contributed by atoms with van der Waals surface area (Å²) in [5, 5.41) is 0. The summed E-state index contributed by atoms with van der Waals surface area (Å²) in [6.07, 6.45) is -4.06. The zero-order chi connectivity index (χ0) is 25.3. The Balaban J connectivity index is 1.72. The van der Waals surface area contributed by atoms with Gasteiger partial charge in [0.15, 0.2) is 12.3 Å². The molecule has 34 heavy (non-hydrogen) atoms. The number of hydrogen-bond donors (Lipinski definition) is 2. The molecule has 0 amide bonds. The van der Waals surface area contributed by atoms with E-state index in [9.17, 15) is 18.9 Å². The van der Waals surface area contributed by atoms with E-state index in [4.69, 9.17) is 38.3 Å². The number of hydrogen-bond acceptors (Lipinski definition) is 12. The summed E-state index contributed by atoms with van der Waals surface area (Å²) < 4.78 is 52.1. The van der Waals surface area contributed by atoms with Crippen molar-refractivity contribution in [2.24, 2.45) is 5.73 Å². The number of carbonyl (C=O) groups excluding carboxylic acids is 1. The summed E-state index contributed by atoms with van der Waals surface area (Å²) in [5.74, 6) is -0.676. The number of aromatic nitrogens is 2. The minimum Gasteiger partial charge on any atom is -0.461 e. The molecule has 2 saturated heterocycles. The highest BCUT2D eigenvalue weighted by Crippen LogP contribution is 2.58. The molecule has 3 heterocycles. The van der Waals surface area contributed by atoms with Crippen molar-refractivity contribution in [1.29, 1.82) is 0 Å². The van der Waals surface area contributed by atoms with Crippen molar-refractivity contribution in [2.75, 3.05) is 27.4 Å². The number of aromatic amines is 1. The molecule has 2 aliphatic rings. The summed E-state index contributed by atoms with van der Waals surface area (Å²) >= 11 is 0. The number of nitrogens with zero attached hydrogens (tertiary/aromatic N) is 1. The second-order valence-electron chi connectivity index (χ2n) is 8.39. The molecule has 0 unspecified atom stereocenters. The minimum absolute atomic E-state index is 0.204. The van der Waals surface area contributed by atoms with Crippen molar-refractivity contribution >= 4 is 13.8 Å². The van der Waals surface area contributed by atoms with E-state index in [1.807, 2.05) is 0 Å². The van der Waals surface area contributed by atoms with Gasteiger partial charge >= 0.3 is 19.5 Å². The summed E-state index contributed by atoms with van der Waals surface area (Å²) in [4.78, 5) is 38.0. The van der Waals surface area contributed by atoms with Gasteiger partial charge in [0.1, 0.15) is 18.3 Å². The average molecular weight is 507 g/mol. The first-order valence-electron chi connectivity index (χ1n) is 10.5. The number of phosphoric ester groups is 1. The third-order valence-electron chi connectivity index (χ3n) is 5.41. The molecule has 7 atom stereocenters. The summed E-state index contributed by atoms with van der Waals surface area (Å²) in [7, 11) is -1.55. The van der Waals surface area contributed by atoms with E-state index in [1.165, 1.54) is 20.4 Å². The van der Waals surface area contributed by atoms with Crippen LogP contribution in [0.2, 0.25) is 0 Å². The first kappa shape index (κ1) is 26.7. The third kappa shape index (κ3) is 5.50. The van der Waals surface area contributed by atoms with E-state index in [0.29, 0.717) is 0 Å². The number of nitrogens with one attached hydrogen (secondary N) is 1. The number of rotatable bonds is 9. The van der Waals surface area contributed by atoms with Crippen molar-refractivity contribution in [2.45, 2.75) is 63.1 Å². The van der Waals surface area contributed by atoms with E-state index in [0.717, 1.165) is 10.6 Å². The van der Waals surface area contributed by atoms with Crippen LogP contribution in [0.1, 0.15) is 27.0 Å². The van der Waals surface area contributed by atoms with Crippen LogP contribution >= 0.6 is 7.82 Å². The van der Waals surface area contributed by atoms with Gasteiger partial charge in [-0.1, -0.05) is 0 Å². The molecule has 3 N–H and O–H groups in total. The lowest BCUT2D eigenvalue weighted by atomic mass is 9.93. The first-order chi connectivity index (χ1) is 15.9. The molecule has 0 bridgehead atoms. The van der Waals surface area contributed by atoms with Gasteiger partial charge in [0.05, 0.1) is 24.9 Å². The minimum atomic E-state index is -4.17. The first-order valence-corrected chi connectivity index (χ1v) is 12.0. The van der Waals surface area contributed by atoms with Gasteiger partial charge in [-0.15, -0.1) is 0 Å². The second-order valence-corrected chi connectivity index (χ2v) is 10.0. The Kier molecular flexibility index (Phi) is 8.15. The molecule has 2 fully saturated rings. The summed E-state index contributed by atoms with van der Waals surface area (Å²) in [6, 6.07) is 1.15. The lowest BCUT2D eigenvalue weighted by Crippen LogP contribution is -2.55. The number of carbonyl (C=O) groups is 1. The lowest BCUT2D eigenvalue weighted by Gasteiger charge is -2.36. The Morgan fingerprint density at radius 2 is 2.06 bits per heavy atom. The molecule has 14 nitrogen and oxygen atoms in total. The van der Waals surface area contributed by atoms with E-state index >= 15 is 0 Å². The predicted octanol–water partition coefficient (Wildman–Crippen LogP) is -0.327. The number of ether oxygens (including phenoxy) is 4. The molecule has 15 heteroatoms. The fraction of sp³-hybridized carbons (Fsp3) is 0.737. The summed E-state index contributed by atoms with van der Waals surface area (Å²) in [5.41, 5.74) is 3.78. The van der Waals surface area contributed by atoms with E-state index in [2.05, 4.69) is 4.98 Å². The van der Waals surface area contributed by atoms with Gasteiger partial charge < -0.3 is 24.7 Å². The number of H-pyrrole nitrogens is 1. The zero-order valence-electron chi connectivity index (χ0n) is 19.5. The molecule has 0 aliphatic carbocycles. The summed E-state index contributed by atoms with van der Waals surface area (Å²) in [6.45, 7) is 4.33. The van der Waals surface area contributed by atoms with Crippen molar-refractivity contribution in [3.63, 3.8) is 0 Å². The van der Waals surface area contributed by atoms with Crippen LogP contribution in [-0.4, -0.2) is 79.0 Å². The van der Waals surface area contributed by atoms with Gasteiger partial charge in [-0.2, -0.15) is 0 Å². The Labute approximate surface area is 195 Å². The van der Waals surface area contributed by atoms with Crippen LogP contribution in [0.4, 0.5) is 0 Å². The van der Waals surface area contributed by atoms with Crippen molar-refractivity contribution < 1.29 is 41.9 Å². The maximum atomic E-state index is 13.2. The zero-order valence-corrected chi connectivity index (χ0v) is 20.4. The molecular weight excluding hydrogens is 477 g/mol. The van der Waals surface area contributed by atoms with Crippen LogP contribution in [-0.2, 0) is 41.9 Å². The van der Waals surface area contributed by atoms with Crippen LogP contribution in [0, 0.1) is 0 Å². The van der Waals surface area contributed by atoms with Crippen LogP contribution in [0.25, 0.3) is 0 Å². The van der Waals surface area contributed by atoms with Gasteiger partial charge in [0.25, 0.3) is 5.56 Å². The smallest absolute Gasteiger partial charge is 0.461 e. The second kappa shape index (κ2) is 10.4. The maximum Gasteiger partial charge on any atom is 0.475 e. The fourth-order valence-electron chi connectivity index (χ4n) is 3.75. The topological polar surface area (TPSA) is 180 Å². The largest absolute Gasteiger partial charge is 0.475 e. The number of nitrogens with two attached hydrogens (primary N) is 1. The lowest BCUT2D eigenvalue weighted by molar-refractivity contribution is -0.170. The van der Waals surface area contributed by atoms with Crippen LogP contribution < -0.4 is 17.0 Å². The van der Waals surface area contributed by atoms with Gasteiger partial charge in [0, 0.05) is 26.5 Å². The highest BCUT2D eigenvalue weighted by atomic mass is 31.2. The molecule has 1 aromatic rings. The molecule has 3 rings (SSSR count).